The second-order valence-electron chi connectivity index (χ2n) is 6.54. The highest BCUT2D eigenvalue weighted by Gasteiger charge is 2.53. The molecular weight excluding hydrogens is 296 g/mol. The topological polar surface area (TPSA) is 67.9 Å². The zero-order valence-electron chi connectivity index (χ0n) is 14.3. The number of likely N-dealkylation sites (N-methyl/N-ethyl adjacent to an activating group) is 1. The third kappa shape index (κ3) is 3.32. The zero-order valence-corrected chi connectivity index (χ0v) is 14.3. The maximum atomic E-state index is 12.8. The lowest BCUT2D eigenvalue weighted by atomic mass is 10.0. The Bertz CT molecular complexity index is 609. The van der Waals surface area contributed by atoms with Crippen molar-refractivity contribution in [3.8, 4) is 0 Å². The number of fused-ring (bicyclic) bond motifs is 1. The predicted molar refractivity (Wildman–Crippen MR) is 87.1 cm³/mol. The van der Waals surface area contributed by atoms with Gasteiger partial charge in [-0.1, -0.05) is 25.1 Å². The molecule has 0 aliphatic carbocycles. The number of carbonyl (C=O) groups excluding carboxylic acids is 2. The summed E-state index contributed by atoms with van der Waals surface area (Å²) in [5, 5.41) is 2.65. The minimum Gasteiger partial charge on any atom is -0.444 e. The summed E-state index contributed by atoms with van der Waals surface area (Å²) in [5.41, 5.74) is -0.872. The summed E-state index contributed by atoms with van der Waals surface area (Å²) in [6, 6.07) is 7.25. The van der Waals surface area contributed by atoms with Gasteiger partial charge in [0.2, 0.25) is 0 Å². The van der Waals surface area contributed by atoms with Gasteiger partial charge in [-0.3, -0.25) is 10.1 Å². The minimum absolute atomic E-state index is 0.335. The van der Waals surface area contributed by atoms with Crippen molar-refractivity contribution in [2.75, 3.05) is 18.6 Å². The molecule has 0 bridgehead atoms. The van der Waals surface area contributed by atoms with Gasteiger partial charge >= 0.3 is 6.09 Å². The number of rotatable bonds is 4. The fraction of sp³-hybridized carbons (Fsp3) is 0.529. The first-order valence-corrected chi connectivity index (χ1v) is 7.74. The first kappa shape index (κ1) is 17.3. The van der Waals surface area contributed by atoms with E-state index in [-0.39, 0.29) is 5.91 Å². The van der Waals surface area contributed by atoms with Gasteiger partial charge in [-0.25, -0.2) is 4.79 Å². The van der Waals surface area contributed by atoms with Crippen LogP contribution < -0.4 is 10.2 Å². The number of para-hydroxylation sites is 1. The molecular formula is C17H24N2O4. The number of benzene rings is 1. The quantitative estimate of drug-likeness (QED) is 0.866. The van der Waals surface area contributed by atoms with Crippen molar-refractivity contribution in [1.29, 1.82) is 0 Å². The molecule has 0 radical (unpaired) electrons. The second-order valence-corrected chi connectivity index (χ2v) is 6.54. The molecule has 6 heteroatoms. The summed E-state index contributed by atoms with van der Waals surface area (Å²) in [5.74, 6) is -0.335. The molecule has 0 fully saturated rings. The fourth-order valence-corrected chi connectivity index (χ4v) is 2.52. The second kappa shape index (κ2) is 6.20. The number of carbonyl (C=O) groups is 2. The lowest BCUT2D eigenvalue weighted by Crippen LogP contribution is -2.55. The SMILES string of the molecule is CCCO[C@@]1(NC(=O)OC(C)(C)C)C(=O)N(C)c2ccccc21. The standard InChI is InChI=1S/C17H24N2O4/c1-6-11-22-17(18-15(21)23-16(2,3)4)12-9-7-8-10-13(12)19(5)14(17)20/h7-10H,6,11H2,1-5H3,(H,18,21)/t17-/m1/s1. The molecule has 1 atom stereocenters. The van der Waals surface area contributed by atoms with Crippen LogP contribution in [0, 0.1) is 0 Å². The Hall–Kier alpha value is -2.08. The Balaban J connectivity index is 2.40. The van der Waals surface area contributed by atoms with Gasteiger partial charge in [0.15, 0.2) is 0 Å². The summed E-state index contributed by atoms with van der Waals surface area (Å²) in [4.78, 5) is 26.6. The molecule has 1 aromatic carbocycles. The largest absolute Gasteiger partial charge is 0.444 e. The van der Waals surface area contributed by atoms with Gasteiger partial charge in [0.25, 0.3) is 11.6 Å². The van der Waals surface area contributed by atoms with Crippen LogP contribution in [0.2, 0.25) is 0 Å². The number of ether oxygens (including phenoxy) is 2. The number of hydrogen-bond acceptors (Lipinski definition) is 4. The smallest absolute Gasteiger partial charge is 0.410 e. The van der Waals surface area contributed by atoms with E-state index in [0.29, 0.717) is 17.9 Å². The van der Waals surface area contributed by atoms with Gasteiger partial charge in [0.1, 0.15) is 5.60 Å². The summed E-state index contributed by atoms with van der Waals surface area (Å²) in [6.07, 6.45) is 0.0312. The molecule has 0 aromatic heterocycles. The van der Waals surface area contributed by atoms with Crippen LogP contribution in [0.1, 0.15) is 39.7 Å². The van der Waals surface area contributed by atoms with Crippen LogP contribution in [0.25, 0.3) is 0 Å². The van der Waals surface area contributed by atoms with Gasteiger partial charge in [-0.15, -0.1) is 0 Å². The van der Waals surface area contributed by atoms with Gasteiger partial charge in [0.05, 0.1) is 12.3 Å². The molecule has 2 amide bonds. The molecule has 126 valence electrons. The van der Waals surface area contributed by atoms with E-state index in [0.717, 1.165) is 6.42 Å². The third-order valence-corrected chi connectivity index (χ3v) is 3.45. The van der Waals surface area contributed by atoms with Crippen molar-refractivity contribution in [3.63, 3.8) is 0 Å². The molecule has 1 aliphatic rings. The molecule has 0 saturated carbocycles. The highest BCUT2D eigenvalue weighted by Crippen LogP contribution is 2.40. The molecule has 6 nitrogen and oxygen atoms in total. The highest BCUT2D eigenvalue weighted by molar-refractivity contribution is 6.07. The van der Waals surface area contributed by atoms with Crippen LogP contribution in [0.5, 0.6) is 0 Å². The Morgan fingerprint density at radius 3 is 2.57 bits per heavy atom. The number of anilines is 1. The van der Waals surface area contributed by atoms with Crippen LogP contribution >= 0.6 is 0 Å². The molecule has 0 spiro atoms. The van der Waals surface area contributed by atoms with Crippen LogP contribution in [0.15, 0.2) is 24.3 Å². The van der Waals surface area contributed by atoms with E-state index in [1.807, 2.05) is 25.1 Å². The van der Waals surface area contributed by atoms with Crippen molar-refractivity contribution >= 4 is 17.7 Å². The van der Waals surface area contributed by atoms with Gasteiger partial charge in [-0.2, -0.15) is 0 Å². The molecule has 0 unspecified atom stereocenters. The number of alkyl carbamates (subject to hydrolysis) is 1. The van der Waals surface area contributed by atoms with Crippen LogP contribution in [-0.4, -0.2) is 31.3 Å². The maximum absolute atomic E-state index is 12.8. The molecule has 23 heavy (non-hydrogen) atoms. The van der Waals surface area contributed by atoms with Crippen molar-refractivity contribution in [2.45, 2.75) is 45.4 Å². The molecule has 1 N–H and O–H groups in total. The first-order valence-electron chi connectivity index (χ1n) is 7.74. The van der Waals surface area contributed by atoms with Crippen molar-refractivity contribution < 1.29 is 19.1 Å². The van der Waals surface area contributed by atoms with E-state index in [9.17, 15) is 9.59 Å². The number of nitrogens with zero attached hydrogens (tertiary/aromatic N) is 1. The van der Waals surface area contributed by atoms with E-state index in [1.165, 1.54) is 4.90 Å². The van der Waals surface area contributed by atoms with Crippen molar-refractivity contribution in [2.24, 2.45) is 0 Å². The van der Waals surface area contributed by atoms with Crippen molar-refractivity contribution in [1.82, 2.24) is 5.32 Å². The van der Waals surface area contributed by atoms with Crippen LogP contribution in [-0.2, 0) is 20.0 Å². The highest BCUT2D eigenvalue weighted by atomic mass is 16.6. The Labute approximate surface area is 136 Å². The van der Waals surface area contributed by atoms with E-state index >= 15 is 0 Å². The summed E-state index contributed by atoms with van der Waals surface area (Å²) < 4.78 is 11.1. The van der Waals surface area contributed by atoms with Gasteiger partial charge < -0.3 is 14.4 Å². The molecule has 2 rings (SSSR count). The number of amides is 2. The van der Waals surface area contributed by atoms with E-state index in [2.05, 4.69) is 5.32 Å². The Kier molecular flexibility index (Phi) is 4.66. The monoisotopic (exact) mass is 320 g/mol. The molecule has 1 heterocycles. The maximum Gasteiger partial charge on any atom is 0.410 e. The molecule has 1 aliphatic heterocycles. The minimum atomic E-state index is -1.54. The number of nitrogens with one attached hydrogen (secondary N) is 1. The average Bonchev–Trinajstić information content (AvgIpc) is 2.66. The molecule has 0 saturated heterocycles. The predicted octanol–water partition coefficient (Wildman–Crippen LogP) is 2.77. The van der Waals surface area contributed by atoms with Crippen LogP contribution in [0.3, 0.4) is 0 Å². The summed E-state index contributed by atoms with van der Waals surface area (Å²) in [7, 11) is 1.66. The van der Waals surface area contributed by atoms with Gasteiger partial charge in [0, 0.05) is 12.6 Å². The van der Waals surface area contributed by atoms with E-state index in [1.54, 1.807) is 33.9 Å². The molecule has 1 aromatic rings. The normalized spacial score (nSPS) is 20.4. The zero-order chi connectivity index (χ0) is 17.3. The van der Waals surface area contributed by atoms with Gasteiger partial charge in [-0.05, 0) is 33.3 Å². The van der Waals surface area contributed by atoms with Crippen LogP contribution in [0.4, 0.5) is 10.5 Å². The van der Waals surface area contributed by atoms with Crippen molar-refractivity contribution in [3.05, 3.63) is 29.8 Å². The Morgan fingerprint density at radius 2 is 1.96 bits per heavy atom. The summed E-state index contributed by atoms with van der Waals surface area (Å²) >= 11 is 0. The lowest BCUT2D eigenvalue weighted by Gasteiger charge is -2.30. The van der Waals surface area contributed by atoms with E-state index in [4.69, 9.17) is 9.47 Å². The lowest BCUT2D eigenvalue weighted by molar-refractivity contribution is -0.148. The summed E-state index contributed by atoms with van der Waals surface area (Å²) in [6.45, 7) is 7.58. The van der Waals surface area contributed by atoms with E-state index < -0.39 is 17.4 Å². The first-order chi connectivity index (χ1) is 10.7. The number of hydrogen-bond donors (Lipinski definition) is 1. The Morgan fingerprint density at radius 1 is 1.30 bits per heavy atom. The average molecular weight is 320 g/mol. The third-order valence-electron chi connectivity index (χ3n) is 3.45. The fourth-order valence-electron chi connectivity index (χ4n) is 2.52.